The van der Waals surface area contributed by atoms with E-state index in [1.54, 1.807) is 41.5 Å². The molecule has 1 atom stereocenters. The molecule has 0 saturated heterocycles. The summed E-state index contributed by atoms with van der Waals surface area (Å²) in [7, 11) is 0. The third kappa shape index (κ3) is 5.67. The molecule has 4 aromatic rings. The Morgan fingerprint density at radius 3 is 2.63 bits per heavy atom. The number of carbonyl (C=O) groups is 3. The zero-order valence-electron chi connectivity index (χ0n) is 19.1. The van der Waals surface area contributed by atoms with Crippen molar-refractivity contribution in [3.05, 3.63) is 83.4 Å². The highest BCUT2D eigenvalue weighted by Crippen LogP contribution is 2.36. The fourth-order valence-electron chi connectivity index (χ4n) is 3.30. The molecule has 180 valence electrons. The lowest BCUT2D eigenvalue weighted by atomic mass is 10.0. The molecule has 10 heteroatoms. The third-order valence-corrected chi connectivity index (χ3v) is 5.88. The fraction of sp³-hybridized carbons (Fsp3) is 0.200. The summed E-state index contributed by atoms with van der Waals surface area (Å²) in [5.74, 6) is -1.42. The lowest BCUT2D eigenvalue weighted by Crippen LogP contribution is -2.30. The van der Waals surface area contributed by atoms with Crippen LogP contribution in [0.4, 0.5) is 5.00 Å². The summed E-state index contributed by atoms with van der Waals surface area (Å²) in [6.45, 7) is 3.70. The molecule has 4 rings (SSSR count). The van der Waals surface area contributed by atoms with Crippen molar-refractivity contribution < 1.29 is 28.3 Å². The van der Waals surface area contributed by atoms with Crippen molar-refractivity contribution in [3.63, 3.8) is 0 Å². The number of amides is 1. The van der Waals surface area contributed by atoms with E-state index in [1.807, 2.05) is 30.3 Å². The van der Waals surface area contributed by atoms with Crippen LogP contribution in [0.25, 0.3) is 11.1 Å². The van der Waals surface area contributed by atoms with Gasteiger partial charge in [-0.25, -0.2) is 9.59 Å². The number of furan rings is 1. The molecule has 9 nitrogen and oxygen atoms in total. The van der Waals surface area contributed by atoms with E-state index in [9.17, 15) is 14.4 Å². The first kappa shape index (κ1) is 24.0. The molecule has 0 bridgehead atoms. The van der Waals surface area contributed by atoms with Gasteiger partial charge in [0.05, 0.1) is 13.2 Å². The van der Waals surface area contributed by atoms with Crippen LogP contribution in [-0.2, 0) is 20.8 Å². The number of hydrogen-bond acceptors (Lipinski definition) is 8. The Hall–Kier alpha value is -4.18. The number of nitrogens with one attached hydrogen (secondary N) is 1. The van der Waals surface area contributed by atoms with Crippen LogP contribution in [0.5, 0.6) is 0 Å². The first-order valence-corrected chi connectivity index (χ1v) is 11.8. The lowest BCUT2D eigenvalue weighted by Gasteiger charge is -2.13. The van der Waals surface area contributed by atoms with Crippen LogP contribution >= 0.6 is 11.3 Å². The molecule has 1 unspecified atom stereocenters. The maximum absolute atomic E-state index is 12.8. The predicted octanol–water partition coefficient (Wildman–Crippen LogP) is 4.61. The van der Waals surface area contributed by atoms with Crippen LogP contribution in [-0.4, -0.2) is 40.3 Å². The first-order valence-electron chi connectivity index (χ1n) is 10.9. The van der Waals surface area contributed by atoms with Crippen LogP contribution in [0.2, 0.25) is 0 Å². The Balaban J connectivity index is 1.44. The van der Waals surface area contributed by atoms with E-state index >= 15 is 0 Å². The Bertz CT molecular complexity index is 1310. The molecule has 3 aromatic heterocycles. The van der Waals surface area contributed by atoms with E-state index in [-0.39, 0.29) is 17.9 Å². The second kappa shape index (κ2) is 10.8. The summed E-state index contributed by atoms with van der Waals surface area (Å²) in [6, 6.07) is 14.2. The van der Waals surface area contributed by atoms with Crippen molar-refractivity contribution in [2.75, 3.05) is 11.9 Å². The maximum atomic E-state index is 12.8. The van der Waals surface area contributed by atoms with Gasteiger partial charge in [-0.2, -0.15) is 5.10 Å². The van der Waals surface area contributed by atoms with Crippen LogP contribution in [0, 0.1) is 0 Å². The normalized spacial score (nSPS) is 11.6. The molecule has 1 amide bonds. The highest BCUT2D eigenvalue weighted by Gasteiger charge is 2.26. The molecule has 0 aliphatic heterocycles. The minimum atomic E-state index is -1.14. The van der Waals surface area contributed by atoms with E-state index in [4.69, 9.17) is 13.9 Å². The Labute approximate surface area is 205 Å². The molecule has 35 heavy (non-hydrogen) atoms. The molecule has 3 heterocycles. The van der Waals surface area contributed by atoms with Crippen molar-refractivity contribution >= 4 is 34.2 Å². The van der Waals surface area contributed by atoms with Gasteiger partial charge in [-0.3, -0.25) is 9.48 Å². The van der Waals surface area contributed by atoms with Crippen molar-refractivity contribution in [1.29, 1.82) is 0 Å². The number of esters is 2. The average molecular weight is 494 g/mol. The summed E-state index contributed by atoms with van der Waals surface area (Å²) < 4.78 is 17.7. The van der Waals surface area contributed by atoms with E-state index in [0.717, 1.165) is 5.56 Å². The van der Waals surface area contributed by atoms with Crippen LogP contribution in [0.15, 0.2) is 70.7 Å². The van der Waals surface area contributed by atoms with Crippen molar-refractivity contribution in [2.24, 2.45) is 0 Å². The number of benzene rings is 1. The number of aromatic nitrogens is 2. The Kier molecular flexibility index (Phi) is 7.41. The van der Waals surface area contributed by atoms with Gasteiger partial charge in [-0.15, -0.1) is 11.3 Å². The Morgan fingerprint density at radius 1 is 1.11 bits per heavy atom. The number of nitrogens with zero attached hydrogens (tertiary/aromatic N) is 2. The molecular weight excluding hydrogens is 470 g/mol. The van der Waals surface area contributed by atoms with Crippen molar-refractivity contribution in [2.45, 2.75) is 26.5 Å². The minimum Gasteiger partial charge on any atom is -0.462 e. The average Bonchev–Trinajstić information content (AvgIpc) is 3.61. The maximum Gasteiger partial charge on any atom is 0.375 e. The number of carbonyl (C=O) groups excluding carboxylic acids is 3. The molecule has 1 N–H and O–H groups in total. The molecular formula is C25H23N3O6S. The zero-order chi connectivity index (χ0) is 24.8. The summed E-state index contributed by atoms with van der Waals surface area (Å²) in [6.07, 6.45) is 2.27. The van der Waals surface area contributed by atoms with Crippen molar-refractivity contribution in [3.8, 4) is 11.1 Å². The molecule has 0 spiro atoms. The number of rotatable bonds is 9. The molecule has 0 radical (unpaired) electrons. The largest absolute Gasteiger partial charge is 0.462 e. The van der Waals surface area contributed by atoms with E-state index < -0.39 is 23.9 Å². The van der Waals surface area contributed by atoms with Gasteiger partial charge < -0.3 is 19.2 Å². The van der Waals surface area contributed by atoms with Crippen molar-refractivity contribution in [1.82, 2.24) is 9.78 Å². The summed E-state index contributed by atoms with van der Waals surface area (Å²) in [4.78, 5) is 38.0. The highest BCUT2D eigenvalue weighted by molar-refractivity contribution is 7.15. The van der Waals surface area contributed by atoms with E-state index in [1.165, 1.54) is 24.3 Å². The minimum absolute atomic E-state index is 0.0264. The molecule has 0 fully saturated rings. The first-order chi connectivity index (χ1) is 17.0. The SMILES string of the molecule is CCOC(=O)c1c(-c2ccccc2)csc1NC(=O)C(C)OC(=O)c1ccc(Cn2cccn2)o1. The molecule has 1 aromatic carbocycles. The second-order valence-electron chi connectivity index (χ2n) is 7.45. The van der Waals surface area contributed by atoms with Gasteiger partial charge in [0.1, 0.15) is 16.3 Å². The topological polar surface area (TPSA) is 113 Å². The quantitative estimate of drug-likeness (QED) is 0.339. The third-order valence-electron chi connectivity index (χ3n) is 4.99. The zero-order valence-corrected chi connectivity index (χ0v) is 19.9. The van der Waals surface area contributed by atoms with Gasteiger partial charge in [-0.1, -0.05) is 30.3 Å². The number of thiophene rings is 1. The lowest BCUT2D eigenvalue weighted by molar-refractivity contribution is -0.123. The van der Waals surface area contributed by atoms with Gasteiger partial charge >= 0.3 is 11.9 Å². The van der Waals surface area contributed by atoms with Crippen LogP contribution in [0.1, 0.15) is 40.5 Å². The molecule has 0 saturated carbocycles. The summed E-state index contributed by atoms with van der Waals surface area (Å²) in [5.41, 5.74) is 1.72. The van der Waals surface area contributed by atoms with Crippen LogP contribution < -0.4 is 5.32 Å². The second-order valence-corrected chi connectivity index (χ2v) is 8.33. The van der Waals surface area contributed by atoms with Gasteiger partial charge in [0.25, 0.3) is 5.91 Å². The number of ether oxygens (including phenoxy) is 2. The summed E-state index contributed by atoms with van der Waals surface area (Å²) >= 11 is 1.19. The van der Waals surface area contributed by atoms with E-state index in [0.29, 0.717) is 22.9 Å². The monoisotopic (exact) mass is 493 g/mol. The molecule has 0 aliphatic carbocycles. The van der Waals surface area contributed by atoms with Gasteiger partial charge in [0.15, 0.2) is 6.10 Å². The smallest absolute Gasteiger partial charge is 0.375 e. The fourth-order valence-corrected chi connectivity index (χ4v) is 4.26. The molecule has 0 aliphatic rings. The predicted molar refractivity (Wildman–Crippen MR) is 129 cm³/mol. The number of anilines is 1. The summed E-state index contributed by atoms with van der Waals surface area (Å²) in [5, 5.41) is 8.87. The van der Waals surface area contributed by atoms with Gasteiger partial charge in [-0.05, 0) is 37.6 Å². The van der Waals surface area contributed by atoms with Gasteiger partial charge in [0, 0.05) is 23.3 Å². The highest BCUT2D eigenvalue weighted by atomic mass is 32.1. The Morgan fingerprint density at radius 2 is 1.91 bits per heavy atom. The van der Waals surface area contributed by atoms with Crippen LogP contribution in [0.3, 0.4) is 0 Å². The van der Waals surface area contributed by atoms with Gasteiger partial charge in [0.2, 0.25) is 5.76 Å². The standard InChI is InChI=1S/C25H23N3O6S/c1-3-32-25(31)21-19(17-8-5-4-6-9-17)15-35-23(21)27-22(29)16(2)33-24(30)20-11-10-18(34-20)14-28-13-7-12-26-28/h4-13,15-16H,3,14H2,1-2H3,(H,27,29). The number of hydrogen-bond donors (Lipinski definition) is 1. The van der Waals surface area contributed by atoms with E-state index in [2.05, 4.69) is 10.4 Å².